The van der Waals surface area contributed by atoms with Gasteiger partial charge in [-0.05, 0) is 40.8 Å². The van der Waals surface area contributed by atoms with Crippen LogP contribution in [0, 0.1) is 15.3 Å². The zero-order chi connectivity index (χ0) is 11.7. The van der Waals surface area contributed by atoms with Crippen LogP contribution in [-0.4, -0.2) is 24.2 Å². The van der Waals surface area contributed by atoms with Crippen molar-refractivity contribution in [3.63, 3.8) is 0 Å². The summed E-state index contributed by atoms with van der Waals surface area (Å²) in [6.07, 6.45) is 0.337. The van der Waals surface area contributed by atoms with Gasteiger partial charge in [-0.2, -0.15) is 0 Å². The maximum atomic E-state index is 13.3. The number of nitrogens with zero attached hydrogens (tertiary/aromatic N) is 1. The second-order valence-electron chi connectivity index (χ2n) is 3.86. The Morgan fingerprint density at radius 3 is 2.88 bits per heavy atom. The fraction of sp³-hybridized carbons (Fsp3) is 0.364. The molecule has 1 amide bonds. The minimum absolute atomic E-state index is 0.00487. The van der Waals surface area contributed by atoms with Crippen LogP contribution >= 0.6 is 22.6 Å². The molecule has 86 valence electrons. The highest BCUT2D eigenvalue weighted by Gasteiger charge is 2.30. The lowest BCUT2D eigenvalue weighted by atomic mass is 10.1. The van der Waals surface area contributed by atoms with Crippen LogP contribution in [0.4, 0.5) is 10.1 Å². The summed E-state index contributed by atoms with van der Waals surface area (Å²) in [7, 11) is 0. The van der Waals surface area contributed by atoms with E-state index < -0.39 is 0 Å². The second kappa shape index (κ2) is 4.67. The molecule has 0 radical (unpaired) electrons. The standard InChI is InChI=1S/C11H11FINO2/c12-9-4-8(1-2-10(9)13)14-5-7(6-15)3-11(14)16/h1-2,4,7,15H,3,5-6H2. The number of carbonyl (C=O) groups excluding carboxylic acids is 1. The number of aliphatic hydroxyl groups is 1. The van der Waals surface area contributed by atoms with Crippen molar-refractivity contribution in [1.29, 1.82) is 0 Å². The van der Waals surface area contributed by atoms with Crippen LogP contribution in [-0.2, 0) is 4.79 Å². The number of carbonyl (C=O) groups is 1. The van der Waals surface area contributed by atoms with E-state index in [4.69, 9.17) is 5.11 Å². The molecule has 0 spiro atoms. The highest BCUT2D eigenvalue weighted by Crippen LogP contribution is 2.26. The molecule has 0 bridgehead atoms. The first kappa shape index (κ1) is 11.8. The molecule has 1 atom stereocenters. The summed E-state index contributed by atoms with van der Waals surface area (Å²) in [4.78, 5) is 13.2. The van der Waals surface area contributed by atoms with E-state index >= 15 is 0 Å². The number of benzene rings is 1. The van der Waals surface area contributed by atoms with Gasteiger partial charge in [-0.15, -0.1) is 0 Å². The fourth-order valence-electron chi connectivity index (χ4n) is 1.81. The first-order valence-corrected chi connectivity index (χ1v) is 6.06. The van der Waals surface area contributed by atoms with Crippen molar-refractivity contribution in [3.8, 4) is 0 Å². The molecule has 2 rings (SSSR count). The Bertz CT molecular complexity index is 424. The van der Waals surface area contributed by atoms with Gasteiger partial charge in [0.2, 0.25) is 5.91 Å². The van der Waals surface area contributed by atoms with Gasteiger partial charge in [-0.1, -0.05) is 0 Å². The minimum Gasteiger partial charge on any atom is -0.396 e. The summed E-state index contributed by atoms with van der Waals surface area (Å²) in [5, 5.41) is 8.99. The molecule has 1 aromatic carbocycles. The Hall–Kier alpha value is -0.690. The summed E-state index contributed by atoms with van der Waals surface area (Å²) >= 11 is 1.90. The normalized spacial score (nSPS) is 20.6. The number of rotatable bonds is 2. The lowest BCUT2D eigenvalue weighted by molar-refractivity contribution is -0.117. The van der Waals surface area contributed by atoms with Crippen molar-refractivity contribution < 1.29 is 14.3 Å². The summed E-state index contributed by atoms with van der Waals surface area (Å²) in [5.41, 5.74) is 0.568. The SMILES string of the molecule is O=C1CC(CO)CN1c1ccc(I)c(F)c1. The Morgan fingerprint density at radius 1 is 1.56 bits per heavy atom. The molecule has 3 nitrogen and oxygen atoms in total. The molecule has 0 saturated carbocycles. The van der Waals surface area contributed by atoms with E-state index in [1.165, 1.54) is 11.0 Å². The number of aliphatic hydroxyl groups excluding tert-OH is 1. The topological polar surface area (TPSA) is 40.5 Å². The number of amides is 1. The molecule has 0 aromatic heterocycles. The van der Waals surface area contributed by atoms with E-state index in [1.54, 1.807) is 12.1 Å². The third-order valence-corrected chi connectivity index (χ3v) is 3.55. The average molecular weight is 335 g/mol. The van der Waals surface area contributed by atoms with Gasteiger partial charge in [-0.3, -0.25) is 4.79 Å². The van der Waals surface area contributed by atoms with Gasteiger partial charge in [0.05, 0.1) is 0 Å². The van der Waals surface area contributed by atoms with E-state index in [1.807, 2.05) is 22.6 Å². The van der Waals surface area contributed by atoms with Crippen molar-refractivity contribution in [2.45, 2.75) is 6.42 Å². The van der Waals surface area contributed by atoms with E-state index in [0.29, 0.717) is 22.2 Å². The van der Waals surface area contributed by atoms with Crippen molar-refractivity contribution in [2.75, 3.05) is 18.1 Å². The number of halogens is 2. The van der Waals surface area contributed by atoms with Gasteiger partial charge in [0.15, 0.2) is 0 Å². The predicted octanol–water partition coefficient (Wildman–Crippen LogP) is 1.78. The van der Waals surface area contributed by atoms with E-state index in [2.05, 4.69) is 0 Å². The Morgan fingerprint density at radius 2 is 2.31 bits per heavy atom. The summed E-state index contributed by atoms with van der Waals surface area (Å²) < 4.78 is 13.9. The molecule has 1 saturated heterocycles. The molecular formula is C11H11FINO2. The smallest absolute Gasteiger partial charge is 0.227 e. The molecular weight excluding hydrogens is 324 g/mol. The maximum absolute atomic E-state index is 13.3. The monoisotopic (exact) mass is 335 g/mol. The lowest BCUT2D eigenvalue weighted by Gasteiger charge is -2.16. The molecule has 1 aliphatic heterocycles. The lowest BCUT2D eigenvalue weighted by Crippen LogP contribution is -2.25. The maximum Gasteiger partial charge on any atom is 0.227 e. The number of anilines is 1. The first-order valence-electron chi connectivity index (χ1n) is 4.98. The number of hydrogen-bond donors (Lipinski definition) is 1. The highest BCUT2D eigenvalue weighted by molar-refractivity contribution is 14.1. The van der Waals surface area contributed by atoms with Gasteiger partial charge in [0.25, 0.3) is 0 Å². The third-order valence-electron chi connectivity index (χ3n) is 2.68. The van der Waals surface area contributed by atoms with Gasteiger partial charge in [0.1, 0.15) is 5.82 Å². The summed E-state index contributed by atoms with van der Waals surface area (Å²) in [6.45, 7) is 0.463. The van der Waals surface area contributed by atoms with Crippen LogP contribution < -0.4 is 4.90 Å². The van der Waals surface area contributed by atoms with Crippen LogP contribution in [0.15, 0.2) is 18.2 Å². The van der Waals surface area contributed by atoms with Gasteiger partial charge < -0.3 is 10.0 Å². The second-order valence-corrected chi connectivity index (χ2v) is 5.02. The van der Waals surface area contributed by atoms with Crippen molar-refractivity contribution in [2.24, 2.45) is 5.92 Å². The third kappa shape index (κ3) is 2.20. The van der Waals surface area contributed by atoms with E-state index in [9.17, 15) is 9.18 Å². The Kier molecular flexibility index (Phi) is 3.44. The Balaban J connectivity index is 2.24. The largest absolute Gasteiger partial charge is 0.396 e. The zero-order valence-electron chi connectivity index (χ0n) is 8.49. The zero-order valence-corrected chi connectivity index (χ0v) is 10.6. The molecule has 16 heavy (non-hydrogen) atoms. The van der Waals surface area contributed by atoms with Gasteiger partial charge in [-0.25, -0.2) is 4.39 Å². The van der Waals surface area contributed by atoms with Crippen LogP contribution in [0.2, 0.25) is 0 Å². The number of hydrogen-bond acceptors (Lipinski definition) is 2. The fourth-order valence-corrected chi connectivity index (χ4v) is 2.14. The average Bonchev–Trinajstić information content (AvgIpc) is 2.64. The molecule has 1 aliphatic rings. The van der Waals surface area contributed by atoms with Crippen LogP contribution in [0.25, 0.3) is 0 Å². The predicted molar refractivity (Wildman–Crippen MR) is 66.7 cm³/mol. The van der Waals surface area contributed by atoms with Gasteiger partial charge >= 0.3 is 0 Å². The van der Waals surface area contributed by atoms with E-state index in [0.717, 1.165) is 0 Å². The van der Waals surface area contributed by atoms with Crippen LogP contribution in [0.1, 0.15) is 6.42 Å². The highest BCUT2D eigenvalue weighted by atomic mass is 127. The molecule has 1 aromatic rings. The summed E-state index contributed by atoms with van der Waals surface area (Å²) in [6, 6.07) is 4.73. The molecule has 0 aliphatic carbocycles. The molecule has 1 fully saturated rings. The quantitative estimate of drug-likeness (QED) is 0.837. The summed E-state index contributed by atoms with van der Waals surface area (Å²) in [5.74, 6) is -0.409. The van der Waals surface area contributed by atoms with Crippen LogP contribution in [0.5, 0.6) is 0 Å². The Labute approximate surface area is 106 Å². The minimum atomic E-state index is -0.321. The molecule has 5 heteroatoms. The van der Waals surface area contributed by atoms with Gasteiger partial charge in [0, 0.05) is 34.7 Å². The molecule has 1 unspecified atom stereocenters. The van der Waals surface area contributed by atoms with Crippen molar-refractivity contribution in [1.82, 2.24) is 0 Å². The van der Waals surface area contributed by atoms with Crippen molar-refractivity contribution >= 4 is 34.2 Å². The molecule has 1 N–H and O–H groups in total. The molecule has 1 heterocycles. The van der Waals surface area contributed by atoms with E-state index in [-0.39, 0.29) is 24.2 Å². The first-order chi connectivity index (χ1) is 7.61. The van der Waals surface area contributed by atoms with Crippen molar-refractivity contribution in [3.05, 3.63) is 27.6 Å². The van der Waals surface area contributed by atoms with Crippen LogP contribution in [0.3, 0.4) is 0 Å².